The lowest BCUT2D eigenvalue weighted by Crippen LogP contribution is -2.51. The second-order valence-electron chi connectivity index (χ2n) is 5.83. The Bertz CT molecular complexity index is 892. The van der Waals surface area contributed by atoms with E-state index in [2.05, 4.69) is 4.98 Å². The minimum atomic E-state index is -1.08. The Morgan fingerprint density at radius 2 is 1.73 bits per heavy atom. The molecule has 7 nitrogen and oxygen atoms in total. The van der Waals surface area contributed by atoms with E-state index >= 15 is 0 Å². The Balaban J connectivity index is 1.59. The highest BCUT2D eigenvalue weighted by molar-refractivity contribution is 5.94. The number of aromatic nitrogens is 2. The van der Waals surface area contributed by atoms with E-state index < -0.39 is 23.2 Å². The molecule has 1 fully saturated rings. The first-order valence-corrected chi connectivity index (χ1v) is 7.99. The zero-order valence-corrected chi connectivity index (χ0v) is 13.8. The van der Waals surface area contributed by atoms with Crippen LogP contribution >= 0.6 is 0 Å². The first-order valence-electron chi connectivity index (χ1n) is 7.99. The predicted octanol–water partition coefficient (Wildman–Crippen LogP) is 0.506. The lowest BCUT2D eigenvalue weighted by molar-refractivity contribution is -0.133. The average Bonchev–Trinajstić information content (AvgIpc) is 2.65. The number of halogens is 2. The van der Waals surface area contributed by atoms with Gasteiger partial charge >= 0.3 is 5.69 Å². The maximum absolute atomic E-state index is 13.3. The van der Waals surface area contributed by atoms with E-state index in [-0.39, 0.29) is 31.1 Å². The van der Waals surface area contributed by atoms with Crippen molar-refractivity contribution in [3.8, 4) is 0 Å². The third-order valence-corrected chi connectivity index (χ3v) is 4.17. The maximum Gasteiger partial charge on any atom is 0.347 e. The summed E-state index contributed by atoms with van der Waals surface area (Å²) in [7, 11) is 0. The maximum atomic E-state index is 13.3. The third kappa shape index (κ3) is 3.76. The van der Waals surface area contributed by atoms with Crippen molar-refractivity contribution in [1.82, 2.24) is 19.4 Å². The monoisotopic (exact) mass is 362 g/mol. The van der Waals surface area contributed by atoms with Crippen molar-refractivity contribution in [3.63, 3.8) is 0 Å². The van der Waals surface area contributed by atoms with Crippen molar-refractivity contribution >= 4 is 11.8 Å². The van der Waals surface area contributed by atoms with Crippen LogP contribution in [-0.4, -0.2) is 57.3 Å². The summed E-state index contributed by atoms with van der Waals surface area (Å²) in [5.41, 5.74) is -0.446. The van der Waals surface area contributed by atoms with Gasteiger partial charge < -0.3 is 9.80 Å². The molecule has 0 saturated carbocycles. The van der Waals surface area contributed by atoms with E-state index in [0.29, 0.717) is 13.1 Å². The molecule has 2 heterocycles. The van der Waals surface area contributed by atoms with Gasteiger partial charge in [0.15, 0.2) is 11.6 Å². The number of rotatable bonds is 3. The van der Waals surface area contributed by atoms with Crippen LogP contribution in [0, 0.1) is 11.6 Å². The van der Waals surface area contributed by atoms with Gasteiger partial charge in [0, 0.05) is 44.1 Å². The zero-order valence-electron chi connectivity index (χ0n) is 13.8. The summed E-state index contributed by atoms with van der Waals surface area (Å²) in [5, 5.41) is 0. The first kappa shape index (κ1) is 17.7. The third-order valence-electron chi connectivity index (χ3n) is 4.17. The Morgan fingerprint density at radius 1 is 1.04 bits per heavy atom. The summed E-state index contributed by atoms with van der Waals surface area (Å²) in [4.78, 5) is 42.8. The number of amides is 2. The highest BCUT2D eigenvalue weighted by Gasteiger charge is 2.25. The molecule has 1 saturated heterocycles. The number of hydrogen-bond donors (Lipinski definition) is 0. The number of piperazine rings is 1. The van der Waals surface area contributed by atoms with Crippen LogP contribution in [-0.2, 0) is 11.3 Å². The molecule has 1 aromatic carbocycles. The van der Waals surface area contributed by atoms with Crippen LogP contribution < -0.4 is 5.69 Å². The van der Waals surface area contributed by atoms with E-state index in [1.165, 1.54) is 27.9 Å². The van der Waals surface area contributed by atoms with Crippen LogP contribution in [0.3, 0.4) is 0 Å². The molecule has 0 bridgehead atoms. The molecule has 1 aliphatic heterocycles. The summed E-state index contributed by atoms with van der Waals surface area (Å²) in [5.74, 6) is -2.76. The summed E-state index contributed by atoms with van der Waals surface area (Å²) >= 11 is 0. The van der Waals surface area contributed by atoms with Crippen LogP contribution in [0.15, 0.2) is 41.5 Å². The molecule has 2 amide bonds. The standard InChI is InChI=1S/C17H16F2N4O3/c18-13-3-2-12(10-14(13)19)16(25)22-8-6-21(7-9-22)15(24)11-23-5-1-4-20-17(23)26/h1-5,10H,6-9,11H2. The average molecular weight is 362 g/mol. The van der Waals surface area contributed by atoms with Gasteiger partial charge in [-0.15, -0.1) is 0 Å². The normalized spacial score (nSPS) is 14.4. The van der Waals surface area contributed by atoms with Gasteiger partial charge in [-0.05, 0) is 24.3 Å². The largest absolute Gasteiger partial charge is 0.347 e. The van der Waals surface area contributed by atoms with E-state index in [4.69, 9.17) is 0 Å². The highest BCUT2D eigenvalue weighted by Crippen LogP contribution is 2.13. The molecule has 136 valence electrons. The number of hydrogen-bond acceptors (Lipinski definition) is 4. The van der Waals surface area contributed by atoms with Crippen LogP contribution in [0.4, 0.5) is 8.78 Å². The molecule has 0 spiro atoms. The van der Waals surface area contributed by atoms with Crippen molar-refractivity contribution in [2.75, 3.05) is 26.2 Å². The molecule has 0 radical (unpaired) electrons. The Kier molecular flexibility index (Phi) is 5.06. The zero-order chi connectivity index (χ0) is 18.7. The van der Waals surface area contributed by atoms with Gasteiger partial charge in [0.2, 0.25) is 5.91 Å². The lowest BCUT2D eigenvalue weighted by atomic mass is 10.1. The number of carbonyl (C=O) groups excluding carboxylic acids is 2. The molecule has 1 aromatic heterocycles. The van der Waals surface area contributed by atoms with Crippen molar-refractivity contribution in [2.24, 2.45) is 0 Å². The second-order valence-corrected chi connectivity index (χ2v) is 5.83. The molecule has 3 rings (SSSR count). The van der Waals surface area contributed by atoms with Crippen molar-refractivity contribution in [1.29, 1.82) is 0 Å². The molecule has 26 heavy (non-hydrogen) atoms. The number of carbonyl (C=O) groups is 2. The predicted molar refractivity (Wildman–Crippen MR) is 87.3 cm³/mol. The number of benzene rings is 1. The fourth-order valence-electron chi connectivity index (χ4n) is 2.72. The van der Waals surface area contributed by atoms with E-state index in [1.54, 1.807) is 11.0 Å². The quantitative estimate of drug-likeness (QED) is 0.797. The lowest BCUT2D eigenvalue weighted by Gasteiger charge is -2.35. The van der Waals surface area contributed by atoms with Gasteiger partial charge in [0.1, 0.15) is 6.54 Å². The van der Waals surface area contributed by atoms with E-state index in [1.807, 2.05) is 0 Å². The Labute approximate surface area is 147 Å². The van der Waals surface area contributed by atoms with Gasteiger partial charge in [-0.25, -0.2) is 18.6 Å². The molecular weight excluding hydrogens is 346 g/mol. The SMILES string of the molecule is O=C(Cn1cccnc1=O)N1CCN(C(=O)c2ccc(F)c(F)c2)CC1. The van der Waals surface area contributed by atoms with E-state index in [0.717, 1.165) is 12.1 Å². The smallest absolute Gasteiger partial charge is 0.338 e. The van der Waals surface area contributed by atoms with Gasteiger partial charge in [-0.3, -0.25) is 14.2 Å². The van der Waals surface area contributed by atoms with Gasteiger partial charge in [0.05, 0.1) is 0 Å². The van der Waals surface area contributed by atoms with Crippen molar-refractivity contribution in [3.05, 3.63) is 64.3 Å². The summed E-state index contributed by atoms with van der Waals surface area (Å²) in [6.07, 6.45) is 2.84. The van der Waals surface area contributed by atoms with Crippen LogP contribution in [0.2, 0.25) is 0 Å². The summed E-state index contributed by atoms with van der Waals surface area (Å²) in [6.45, 7) is 1.01. The fraction of sp³-hybridized carbons (Fsp3) is 0.294. The Morgan fingerprint density at radius 3 is 2.38 bits per heavy atom. The molecule has 0 aliphatic carbocycles. The topological polar surface area (TPSA) is 75.5 Å². The molecule has 0 N–H and O–H groups in total. The first-order chi connectivity index (χ1) is 12.5. The number of nitrogens with zero attached hydrogens (tertiary/aromatic N) is 4. The summed E-state index contributed by atoms with van der Waals surface area (Å²) in [6, 6.07) is 4.57. The van der Waals surface area contributed by atoms with Crippen LogP contribution in [0.25, 0.3) is 0 Å². The molecule has 0 atom stereocenters. The van der Waals surface area contributed by atoms with Crippen LogP contribution in [0.1, 0.15) is 10.4 Å². The van der Waals surface area contributed by atoms with Gasteiger partial charge in [0.25, 0.3) is 5.91 Å². The Hall–Kier alpha value is -3.10. The molecule has 9 heteroatoms. The second kappa shape index (κ2) is 7.42. The molecule has 0 unspecified atom stereocenters. The van der Waals surface area contributed by atoms with Crippen molar-refractivity contribution in [2.45, 2.75) is 6.54 Å². The fourth-order valence-corrected chi connectivity index (χ4v) is 2.72. The van der Waals surface area contributed by atoms with Gasteiger partial charge in [-0.1, -0.05) is 0 Å². The summed E-state index contributed by atoms with van der Waals surface area (Å²) < 4.78 is 27.5. The van der Waals surface area contributed by atoms with Gasteiger partial charge in [-0.2, -0.15) is 0 Å². The highest BCUT2D eigenvalue weighted by atomic mass is 19.2. The minimum Gasteiger partial charge on any atom is -0.338 e. The van der Waals surface area contributed by atoms with Crippen molar-refractivity contribution < 1.29 is 18.4 Å². The molecule has 2 aromatic rings. The van der Waals surface area contributed by atoms with E-state index in [9.17, 15) is 23.2 Å². The molecule has 1 aliphatic rings. The minimum absolute atomic E-state index is 0.0607. The van der Waals surface area contributed by atoms with Crippen LogP contribution in [0.5, 0.6) is 0 Å². The molecular formula is C17H16F2N4O3.